The lowest BCUT2D eigenvalue weighted by Crippen LogP contribution is -2.03. The molecule has 0 radical (unpaired) electrons. The highest BCUT2D eigenvalue weighted by Gasteiger charge is 2.08. The fourth-order valence-electron chi connectivity index (χ4n) is 1.15. The van der Waals surface area contributed by atoms with E-state index in [0.717, 1.165) is 5.39 Å². The number of hydrogen-bond donors (Lipinski definition) is 1. The van der Waals surface area contributed by atoms with Crippen molar-refractivity contribution in [3.05, 3.63) is 22.8 Å². The van der Waals surface area contributed by atoms with E-state index in [1.807, 2.05) is 12.1 Å². The summed E-state index contributed by atoms with van der Waals surface area (Å²) in [6.45, 7) is 1.34. The monoisotopic (exact) mass is 254 g/mol. The number of ether oxygens (including phenoxy) is 1. The summed E-state index contributed by atoms with van der Waals surface area (Å²) in [6, 6.07) is 3.74. The van der Waals surface area contributed by atoms with Crippen LogP contribution >= 0.6 is 15.9 Å². The minimum absolute atomic E-state index is 0.285. The van der Waals surface area contributed by atoms with E-state index in [1.165, 1.54) is 6.92 Å². The van der Waals surface area contributed by atoms with Gasteiger partial charge in [0.15, 0.2) is 0 Å². The van der Waals surface area contributed by atoms with Crippen molar-refractivity contribution in [3.63, 3.8) is 0 Å². The molecule has 0 aliphatic carbocycles. The van der Waals surface area contributed by atoms with Crippen LogP contribution in [0.3, 0.4) is 0 Å². The molecule has 2 heterocycles. The molecule has 0 atom stereocenters. The summed E-state index contributed by atoms with van der Waals surface area (Å²) in [5, 5.41) is 0.966. The topological polar surface area (TPSA) is 55.0 Å². The summed E-state index contributed by atoms with van der Waals surface area (Å²) in [4.78, 5) is 17.8. The molecule has 2 rings (SSSR count). The number of carbonyl (C=O) groups is 1. The molecule has 0 unspecified atom stereocenters. The number of carbonyl (C=O) groups excluding carboxylic acids is 1. The van der Waals surface area contributed by atoms with Gasteiger partial charge in [-0.1, -0.05) is 0 Å². The Morgan fingerprint density at radius 3 is 3.14 bits per heavy atom. The number of rotatable bonds is 1. The maximum Gasteiger partial charge on any atom is 0.309 e. The van der Waals surface area contributed by atoms with Crippen LogP contribution in [0.1, 0.15) is 6.92 Å². The molecule has 0 saturated heterocycles. The zero-order chi connectivity index (χ0) is 10.1. The Balaban J connectivity index is 2.53. The van der Waals surface area contributed by atoms with Crippen molar-refractivity contribution in [2.75, 3.05) is 0 Å². The average molecular weight is 255 g/mol. The molecule has 0 aromatic carbocycles. The van der Waals surface area contributed by atoms with E-state index in [1.54, 1.807) is 6.20 Å². The Kier molecular flexibility index (Phi) is 2.25. The third-order valence-electron chi connectivity index (χ3n) is 1.70. The van der Waals surface area contributed by atoms with Crippen LogP contribution in [0.4, 0.5) is 0 Å². The Bertz CT molecular complexity index is 493. The molecule has 72 valence electrons. The van der Waals surface area contributed by atoms with E-state index in [-0.39, 0.29) is 11.8 Å². The van der Waals surface area contributed by atoms with Gasteiger partial charge in [0, 0.05) is 18.5 Å². The van der Waals surface area contributed by atoms with Crippen molar-refractivity contribution in [2.24, 2.45) is 0 Å². The molecule has 2 aromatic heterocycles. The summed E-state index contributed by atoms with van der Waals surface area (Å²) in [5.41, 5.74) is 0.699. The van der Waals surface area contributed by atoms with Crippen LogP contribution in [0.5, 0.6) is 5.88 Å². The molecular weight excluding hydrogens is 248 g/mol. The highest BCUT2D eigenvalue weighted by molar-refractivity contribution is 9.10. The van der Waals surface area contributed by atoms with Crippen molar-refractivity contribution < 1.29 is 9.53 Å². The molecule has 0 saturated carbocycles. The van der Waals surface area contributed by atoms with Crippen molar-refractivity contribution in [1.29, 1.82) is 0 Å². The number of aromatic amines is 1. The van der Waals surface area contributed by atoms with Gasteiger partial charge in [0.1, 0.15) is 5.65 Å². The molecule has 0 amide bonds. The molecular formula is C9H7BrN2O2. The van der Waals surface area contributed by atoms with E-state index >= 15 is 0 Å². The summed E-state index contributed by atoms with van der Waals surface area (Å²) < 4.78 is 5.57. The summed E-state index contributed by atoms with van der Waals surface area (Å²) >= 11 is 3.28. The van der Waals surface area contributed by atoms with Gasteiger partial charge < -0.3 is 9.72 Å². The number of esters is 1. The number of aromatic nitrogens is 2. The molecule has 0 spiro atoms. The first kappa shape index (κ1) is 9.21. The van der Waals surface area contributed by atoms with Crippen molar-refractivity contribution in [1.82, 2.24) is 9.97 Å². The molecule has 0 bridgehead atoms. The van der Waals surface area contributed by atoms with Crippen LogP contribution in [0.2, 0.25) is 0 Å². The van der Waals surface area contributed by atoms with Crippen LogP contribution in [0.15, 0.2) is 22.8 Å². The summed E-state index contributed by atoms with van der Waals surface area (Å²) in [6.07, 6.45) is 1.78. The van der Waals surface area contributed by atoms with E-state index in [2.05, 4.69) is 25.9 Å². The minimum Gasteiger partial charge on any atom is -0.406 e. The Morgan fingerprint density at radius 1 is 1.64 bits per heavy atom. The van der Waals surface area contributed by atoms with Crippen LogP contribution in [-0.4, -0.2) is 15.9 Å². The maximum atomic E-state index is 10.7. The van der Waals surface area contributed by atoms with Gasteiger partial charge in [-0.05, 0) is 28.1 Å². The largest absolute Gasteiger partial charge is 0.406 e. The van der Waals surface area contributed by atoms with Gasteiger partial charge in [0.2, 0.25) is 5.88 Å². The molecule has 0 fully saturated rings. The SMILES string of the molecule is CC(=O)Oc1nc2[nH]ccc2cc1Br. The number of nitrogens with zero attached hydrogens (tertiary/aromatic N) is 1. The van der Waals surface area contributed by atoms with Crippen molar-refractivity contribution in [3.8, 4) is 5.88 Å². The van der Waals surface area contributed by atoms with E-state index in [9.17, 15) is 4.79 Å². The van der Waals surface area contributed by atoms with Crippen LogP contribution < -0.4 is 4.74 Å². The minimum atomic E-state index is -0.385. The standard InChI is InChI=1S/C9H7BrN2O2/c1-5(13)14-9-7(10)4-6-2-3-11-8(6)12-9/h2-4H,1H3,(H,11,12). The summed E-state index contributed by atoms with van der Waals surface area (Å²) in [7, 11) is 0. The Morgan fingerprint density at radius 2 is 2.43 bits per heavy atom. The van der Waals surface area contributed by atoms with Crippen LogP contribution in [0.25, 0.3) is 11.0 Å². The van der Waals surface area contributed by atoms with E-state index in [4.69, 9.17) is 4.74 Å². The number of nitrogens with one attached hydrogen (secondary N) is 1. The second-order valence-electron chi connectivity index (χ2n) is 2.78. The third kappa shape index (κ3) is 1.63. The number of hydrogen-bond acceptors (Lipinski definition) is 3. The predicted octanol–water partition coefficient (Wildman–Crippen LogP) is 2.25. The number of halogens is 1. The second kappa shape index (κ2) is 3.42. The zero-order valence-corrected chi connectivity index (χ0v) is 8.96. The normalized spacial score (nSPS) is 10.4. The van der Waals surface area contributed by atoms with Gasteiger partial charge in [0.25, 0.3) is 0 Å². The fourth-order valence-corrected chi connectivity index (χ4v) is 1.56. The fraction of sp³-hybridized carbons (Fsp3) is 0.111. The number of pyridine rings is 1. The maximum absolute atomic E-state index is 10.7. The zero-order valence-electron chi connectivity index (χ0n) is 7.37. The Labute approximate surface area is 88.4 Å². The van der Waals surface area contributed by atoms with E-state index < -0.39 is 0 Å². The molecule has 4 nitrogen and oxygen atoms in total. The van der Waals surface area contributed by atoms with Crippen LogP contribution in [-0.2, 0) is 4.79 Å². The quantitative estimate of drug-likeness (QED) is 0.795. The van der Waals surface area contributed by atoms with Crippen molar-refractivity contribution >= 4 is 32.9 Å². The smallest absolute Gasteiger partial charge is 0.309 e. The molecule has 0 aliphatic heterocycles. The van der Waals surface area contributed by atoms with E-state index in [0.29, 0.717) is 10.1 Å². The highest BCUT2D eigenvalue weighted by Crippen LogP contribution is 2.26. The van der Waals surface area contributed by atoms with Gasteiger partial charge in [-0.2, -0.15) is 4.98 Å². The Hall–Kier alpha value is -1.36. The lowest BCUT2D eigenvalue weighted by atomic mass is 10.3. The first-order valence-electron chi connectivity index (χ1n) is 3.99. The van der Waals surface area contributed by atoms with Gasteiger partial charge in [-0.25, -0.2) is 0 Å². The van der Waals surface area contributed by atoms with Crippen LogP contribution in [0, 0.1) is 0 Å². The second-order valence-corrected chi connectivity index (χ2v) is 3.64. The van der Waals surface area contributed by atoms with Crippen molar-refractivity contribution in [2.45, 2.75) is 6.92 Å². The lowest BCUT2D eigenvalue weighted by Gasteiger charge is -2.02. The molecule has 0 aliphatic rings. The summed E-state index contributed by atoms with van der Waals surface area (Å²) in [5.74, 6) is -0.100. The molecule has 2 aromatic rings. The first-order valence-corrected chi connectivity index (χ1v) is 4.78. The average Bonchev–Trinajstić information content (AvgIpc) is 2.51. The lowest BCUT2D eigenvalue weighted by molar-refractivity contribution is -0.132. The van der Waals surface area contributed by atoms with Gasteiger partial charge in [-0.15, -0.1) is 0 Å². The third-order valence-corrected chi connectivity index (χ3v) is 2.26. The molecule has 1 N–H and O–H groups in total. The van der Waals surface area contributed by atoms with Gasteiger partial charge >= 0.3 is 5.97 Å². The number of H-pyrrole nitrogens is 1. The predicted molar refractivity (Wildman–Crippen MR) is 55.1 cm³/mol. The van der Waals surface area contributed by atoms with Gasteiger partial charge in [0.05, 0.1) is 4.47 Å². The highest BCUT2D eigenvalue weighted by atomic mass is 79.9. The molecule has 5 heteroatoms. The molecule has 14 heavy (non-hydrogen) atoms. The van der Waals surface area contributed by atoms with Gasteiger partial charge in [-0.3, -0.25) is 4.79 Å². The number of fused-ring (bicyclic) bond motifs is 1. The first-order chi connectivity index (χ1) is 6.66.